The number of rotatable bonds is 2. The van der Waals surface area contributed by atoms with Crippen molar-refractivity contribution >= 4 is 34.8 Å². The van der Waals surface area contributed by atoms with Crippen LogP contribution >= 0.6 is 34.8 Å². The molecule has 0 aliphatic carbocycles. The SMILES string of the molecule is S=c1[nH]nc(CC#CI)n1-c1ccccc1. The van der Waals surface area contributed by atoms with Crippen LogP contribution in [-0.2, 0) is 6.42 Å². The predicted molar refractivity (Wildman–Crippen MR) is 74.2 cm³/mol. The first-order valence-electron chi connectivity index (χ1n) is 4.63. The van der Waals surface area contributed by atoms with Crippen LogP contribution in [0.25, 0.3) is 5.69 Å². The molecule has 0 aliphatic rings. The quantitative estimate of drug-likeness (QED) is 0.518. The molecule has 0 bridgehead atoms. The highest BCUT2D eigenvalue weighted by atomic mass is 127. The van der Waals surface area contributed by atoms with Crippen molar-refractivity contribution in [3.63, 3.8) is 0 Å². The molecule has 1 N–H and O–H groups in total. The summed E-state index contributed by atoms with van der Waals surface area (Å²) in [5, 5.41) is 6.96. The fraction of sp³-hybridized carbons (Fsp3) is 0.0909. The van der Waals surface area contributed by atoms with Crippen molar-refractivity contribution in [3.8, 4) is 15.5 Å². The van der Waals surface area contributed by atoms with Crippen molar-refractivity contribution in [1.29, 1.82) is 0 Å². The first kappa shape index (κ1) is 11.4. The molecule has 0 unspecified atom stereocenters. The number of benzene rings is 1. The number of H-pyrrole nitrogens is 1. The molecule has 0 radical (unpaired) electrons. The zero-order valence-corrected chi connectivity index (χ0v) is 11.2. The van der Waals surface area contributed by atoms with Gasteiger partial charge in [0.05, 0.1) is 6.42 Å². The maximum absolute atomic E-state index is 5.20. The van der Waals surface area contributed by atoms with Gasteiger partial charge in [-0.1, -0.05) is 24.1 Å². The van der Waals surface area contributed by atoms with Crippen molar-refractivity contribution in [3.05, 3.63) is 40.9 Å². The van der Waals surface area contributed by atoms with E-state index in [0.29, 0.717) is 11.2 Å². The second kappa shape index (κ2) is 5.27. The van der Waals surface area contributed by atoms with Crippen LogP contribution in [0.15, 0.2) is 30.3 Å². The third kappa shape index (κ3) is 2.33. The highest BCUT2D eigenvalue weighted by Gasteiger charge is 2.05. The maximum atomic E-state index is 5.20. The Morgan fingerprint density at radius 1 is 1.38 bits per heavy atom. The van der Waals surface area contributed by atoms with E-state index in [1.54, 1.807) is 0 Å². The molecular formula is C11H8IN3S. The normalized spacial score (nSPS) is 9.56. The van der Waals surface area contributed by atoms with E-state index in [4.69, 9.17) is 12.2 Å². The zero-order valence-electron chi connectivity index (χ0n) is 8.27. The van der Waals surface area contributed by atoms with Crippen molar-refractivity contribution < 1.29 is 0 Å². The molecule has 1 aromatic heterocycles. The van der Waals surface area contributed by atoms with Crippen LogP contribution in [0.3, 0.4) is 0 Å². The van der Waals surface area contributed by atoms with Gasteiger partial charge in [-0.2, -0.15) is 5.10 Å². The lowest BCUT2D eigenvalue weighted by atomic mass is 10.3. The molecule has 0 saturated heterocycles. The fourth-order valence-electron chi connectivity index (χ4n) is 1.40. The van der Waals surface area contributed by atoms with E-state index in [2.05, 4.69) is 20.0 Å². The van der Waals surface area contributed by atoms with Gasteiger partial charge in [-0.15, -0.1) is 0 Å². The minimum Gasteiger partial charge on any atom is -0.271 e. The number of aromatic amines is 1. The molecule has 5 heteroatoms. The lowest BCUT2D eigenvalue weighted by molar-refractivity contribution is 0.927. The summed E-state index contributed by atoms with van der Waals surface area (Å²) >= 11 is 7.21. The topological polar surface area (TPSA) is 33.6 Å². The third-order valence-electron chi connectivity index (χ3n) is 2.07. The highest BCUT2D eigenvalue weighted by Crippen LogP contribution is 2.10. The number of hydrogen-bond donors (Lipinski definition) is 1. The largest absolute Gasteiger partial charge is 0.271 e. The Balaban J connectivity index is 2.50. The van der Waals surface area contributed by atoms with Gasteiger partial charge in [0.15, 0.2) is 4.77 Å². The summed E-state index contributed by atoms with van der Waals surface area (Å²) < 4.78 is 5.32. The molecular weight excluding hydrogens is 333 g/mol. The summed E-state index contributed by atoms with van der Waals surface area (Å²) in [6, 6.07) is 9.89. The number of nitrogens with zero attached hydrogens (tertiary/aromatic N) is 2. The lowest BCUT2D eigenvalue weighted by Crippen LogP contribution is -2.00. The van der Waals surface area contributed by atoms with Gasteiger partial charge < -0.3 is 0 Å². The molecule has 1 aromatic carbocycles. The van der Waals surface area contributed by atoms with Crippen molar-refractivity contribution in [2.75, 3.05) is 0 Å². The molecule has 0 spiro atoms. The van der Waals surface area contributed by atoms with Crippen LogP contribution in [0.4, 0.5) is 0 Å². The van der Waals surface area contributed by atoms with E-state index in [9.17, 15) is 0 Å². The summed E-state index contributed by atoms with van der Waals surface area (Å²) in [5.74, 6) is 3.81. The van der Waals surface area contributed by atoms with Gasteiger partial charge in [0.2, 0.25) is 0 Å². The van der Waals surface area contributed by atoms with Crippen LogP contribution in [0.5, 0.6) is 0 Å². The van der Waals surface area contributed by atoms with Crippen molar-refractivity contribution in [1.82, 2.24) is 14.8 Å². The minimum atomic E-state index is 0.588. The Bertz CT molecular complexity index is 589. The summed E-state index contributed by atoms with van der Waals surface area (Å²) in [5.41, 5.74) is 1.01. The van der Waals surface area contributed by atoms with Crippen LogP contribution in [0.1, 0.15) is 5.82 Å². The molecule has 3 nitrogen and oxygen atoms in total. The Morgan fingerprint density at radius 2 is 2.12 bits per heavy atom. The smallest absolute Gasteiger partial charge is 0.199 e. The van der Waals surface area contributed by atoms with Gasteiger partial charge in [-0.3, -0.25) is 9.67 Å². The first-order valence-corrected chi connectivity index (χ1v) is 6.12. The molecule has 2 aromatic rings. The van der Waals surface area contributed by atoms with Gasteiger partial charge >= 0.3 is 0 Å². The Labute approximate surface area is 112 Å². The predicted octanol–water partition coefficient (Wildman–Crippen LogP) is 2.87. The fourth-order valence-corrected chi connectivity index (χ4v) is 1.85. The van der Waals surface area contributed by atoms with Crippen LogP contribution in [-0.4, -0.2) is 14.8 Å². The van der Waals surface area contributed by atoms with Gasteiger partial charge in [0, 0.05) is 28.3 Å². The number of halogens is 1. The Morgan fingerprint density at radius 3 is 2.81 bits per heavy atom. The van der Waals surface area contributed by atoms with Crippen LogP contribution in [0, 0.1) is 14.6 Å². The summed E-state index contributed by atoms with van der Waals surface area (Å²) in [7, 11) is 0. The lowest BCUT2D eigenvalue weighted by Gasteiger charge is -2.03. The van der Waals surface area contributed by atoms with E-state index in [-0.39, 0.29) is 0 Å². The molecule has 0 amide bonds. The van der Waals surface area contributed by atoms with Crippen molar-refractivity contribution in [2.45, 2.75) is 6.42 Å². The van der Waals surface area contributed by atoms with Gasteiger partial charge in [0.1, 0.15) is 5.82 Å². The van der Waals surface area contributed by atoms with E-state index in [0.717, 1.165) is 11.5 Å². The van der Waals surface area contributed by atoms with Crippen LogP contribution in [0.2, 0.25) is 0 Å². The second-order valence-corrected chi connectivity index (χ2v) is 3.99. The highest BCUT2D eigenvalue weighted by molar-refractivity contribution is 14.1. The molecule has 80 valence electrons. The minimum absolute atomic E-state index is 0.588. The van der Waals surface area contributed by atoms with E-state index < -0.39 is 0 Å². The summed E-state index contributed by atoms with van der Waals surface area (Å²) in [6.07, 6.45) is 0.588. The molecule has 2 rings (SSSR count). The first-order chi connectivity index (χ1) is 7.83. The molecule has 0 atom stereocenters. The molecule has 1 heterocycles. The summed E-state index contributed by atoms with van der Waals surface area (Å²) in [6.45, 7) is 0. The monoisotopic (exact) mass is 341 g/mol. The van der Waals surface area contributed by atoms with E-state index in [1.807, 2.05) is 57.5 Å². The molecule has 0 saturated carbocycles. The Hall–Kier alpha value is -1.13. The standard InChI is InChI=1S/C11H8IN3S/c12-8-4-7-10-13-14-11(16)15(10)9-5-2-1-3-6-9/h1-3,5-6H,7H2,(H,14,16). The van der Waals surface area contributed by atoms with Gasteiger partial charge in [-0.25, -0.2) is 0 Å². The molecule has 16 heavy (non-hydrogen) atoms. The number of para-hydroxylation sites is 1. The Kier molecular flexibility index (Phi) is 3.74. The number of nitrogens with one attached hydrogen (secondary N) is 1. The maximum Gasteiger partial charge on any atom is 0.199 e. The van der Waals surface area contributed by atoms with E-state index in [1.165, 1.54) is 0 Å². The third-order valence-corrected chi connectivity index (χ3v) is 2.72. The second-order valence-electron chi connectivity index (χ2n) is 3.06. The van der Waals surface area contributed by atoms with Crippen molar-refractivity contribution in [2.24, 2.45) is 0 Å². The van der Waals surface area contributed by atoms with Gasteiger partial charge in [0.25, 0.3) is 0 Å². The zero-order chi connectivity index (χ0) is 11.4. The van der Waals surface area contributed by atoms with Crippen LogP contribution < -0.4 is 0 Å². The van der Waals surface area contributed by atoms with Gasteiger partial charge in [-0.05, 0) is 28.3 Å². The number of hydrogen-bond acceptors (Lipinski definition) is 2. The number of aromatic nitrogens is 3. The molecule has 0 aliphatic heterocycles. The average Bonchev–Trinajstić information content (AvgIpc) is 2.69. The van der Waals surface area contributed by atoms with E-state index >= 15 is 0 Å². The average molecular weight is 341 g/mol. The molecule has 0 fully saturated rings. The summed E-state index contributed by atoms with van der Waals surface area (Å²) in [4.78, 5) is 0.